The van der Waals surface area contributed by atoms with Gasteiger partial charge in [-0.15, -0.1) is 0 Å². The fraction of sp³-hybridized carbons (Fsp3) is 0. The van der Waals surface area contributed by atoms with Gasteiger partial charge in [0.05, 0.1) is 0 Å². The van der Waals surface area contributed by atoms with Gasteiger partial charge in [0, 0.05) is 41.7 Å². The van der Waals surface area contributed by atoms with E-state index in [1.165, 1.54) is 0 Å². The minimum Gasteiger partial charge on any atom is -0.412 e. The summed E-state index contributed by atoms with van der Waals surface area (Å²) in [6.45, 7) is 0. The second-order valence-corrected chi connectivity index (χ2v) is 0. The van der Waals surface area contributed by atoms with E-state index in [2.05, 4.69) is 0 Å². The van der Waals surface area contributed by atoms with E-state index in [-0.39, 0.29) is 105 Å². The second-order valence-electron chi connectivity index (χ2n) is 0. The summed E-state index contributed by atoms with van der Waals surface area (Å²) in [4.78, 5) is 0. The molecule has 6 heavy (non-hydrogen) atoms. The van der Waals surface area contributed by atoms with Gasteiger partial charge in [-0.2, -0.15) is 0 Å². The maximum Gasteiger partial charge on any atom is 4.00 e. The van der Waals surface area contributed by atoms with E-state index >= 15 is 0 Å². The minimum absolute atomic E-state index is 0. The largest absolute Gasteiger partial charge is 4.00 e. The summed E-state index contributed by atoms with van der Waals surface area (Å²) in [6, 6.07) is 0. The van der Waals surface area contributed by atoms with Crippen molar-refractivity contribution >= 4 is 0 Å². The summed E-state index contributed by atoms with van der Waals surface area (Å²) in [5, 5.41) is 0. The molecule has 0 aliphatic rings. The van der Waals surface area contributed by atoms with E-state index in [0.29, 0.717) is 0 Å². The molecule has 0 bridgehead atoms. The quantitative estimate of drug-likeness (QED) is 0.433. The minimum atomic E-state index is 0. The third-order valence-corrected chi connectivity index (χ3v) is 0. The van der Waals surface area contributed by atoms with Crippen LogP contribution in [0, 0.1) is 83.5 Å². The zero-order valence-corrected chi connectivity index (χ0v) is 9.28. The van der Waals surface area contributed by atoms with Crippen LogP contribution in [0.1, 0.15) is 0 Å². The zero-order chi connectivity index (χ0) is 0. The van der Waals surface area contributed by atoms with Crippen LogP contribution in [0.3, 0.4) is 0 Å². The Balaban J connectivity index is 0. The molecule has 0 amide bonds. The van der Waals surface area contributed by atoms with Crippen molar-refractivity contribution in [3.63, 3.8) is 0 Å². The van der Waals surface area contributed by atoms with Crippen LogP contribution in [0.25, 0.3) is 0 Å². The Hall–Kier alpha value is 2.59. The molecule has 8 N–H and O–H groups in total. The first kappa shape index (κ1) is 73.7. The van der Waals surface area contributed by atoms with E-state index in [9.17, 15) is 0 Å². The zero-order valence-electron chi connectivity index (χ0n) is 3.00. The van der Waals surface area contributed by atoms with Gasteiger partial charge in [-0.3, -0.25) is 0 Å². The standard InChI is InChI=1S/2Ce.4H2O/h;;4*1H2/q;+4;;;;. The van der Waals surface area contributed by atoms with E-state index in [4.69, 9.17) is 0 Å². The van der Waals surface area contributed by atoms with Crippen molar-refractivity contribution in [2.75, 3.05) is 0 Å². The van der Waals surface area contributed by atoms with Crippen molar-refractivity contribution in [1.82, 2.24) is 0 Å². The molecule has 0 spiro atoms. The SMILES string of the molecule is O.O.O.O.[Ce+4].[Ce]. The summed E-state index contributed by atoms with van der Waals surface area (Å²) in [6.07, 6.45) is 0. The van der Waals surface area contributed by atoms with Gasteiger partial charge in [-0.1, -0.05) is 0 Å². The summed E-state index contributed by atoms with van der Waals surface area (Å²) < 4.78 is 0. The summed E-state index contributed by atoms with van der Waals surface area (Å²) in [5.41, 5.74) is 0. The van der Waals surface area contributed by atoms with Gasteiger partial charge in [-0.25, -0.2) is 0 Å². The van der Waals surface area contributed by atoms with Gasteiger partial charge in [0.25, 0.3) is 0 Å². The van der Waals surface area contributed by atoms with Crippen LogP contribution in [0.15, 0.2) is 0 Å². The molecule has 0 saturated heterocycles. The van der Waals surface area contributed by atoms with Crippen molar-refractivity contribution < 1.29 is 105 Å². The maximum absolute atomic E-state index is 0. The predicted molar refractivity (Wildman–Crippen MR) is 14.5 cm³/mol. The van der Waals surface area contributed by atoms with Gasteiger partial charge < -0.3 is 21.9 Å². The van der Waals surface area contributed by atoms with Crippen molar-refractivity contribution in [3.05, 3.63) is 0 Å². The van der Waals surface area contributed by atoms with Crippen LogP contribution >= 0.6 is 0 Å². The van der Waals surface area contributed by atoms with Crippen LogP contribution in [-0.4, -0.2) is 21.9 Å². The van der Waals surface area contributed by atoms with Gasteiger partial charge in [0.15, 0.2) is 0 Å². The Labute approximate surface area is 103 Å². The molecule has 0 unspecified atom stereocenters. The Morgan fingerprint density at radius 3 is 0.500 bits per heavy atom. The topological polar surface area (TPSA) is 126 Å². The average Bonchev–Trinajstić information content (AvgIpc) is 0. The number of rotatable bonds is 0. The second kappa shape index (κ2) is 49.1. The predicted octanol–water partition coefficient (Wildman–Crippen LogP) is -3.30. The van der Waals surface area contributed by atoms with E-state index in [1.54, 1.807) is 0 Å². The molecule has 0 fully saturated rings. The molecule has 0 aliphatic heterocycles. The molecular weight excluding hydrogens is 344 g/mol. The third-order valence-electron chi connectivity index (χ3n) is 0. The van der Waals surface area contributed by atoms with E-state index in [1.807, 2.05) is 0 Å². The first-order valence-electron chi connectivity index (χ1n) is 0. The Morgan fingerprint density at radius 1 is 0.500 bits per heavy atom. The van der Waals surface area contributed by atoms with Crippen LogP contribution in [0.5, 0.6) is 0 Å². The normalized spacial score (nSPS) is 0. The first-order valence-corrected chi connectivity index (χ1v) is 0. The fourth-order valence-electron chi connectivity index (χ4n) is 0. The van der Waals surface area contributed by atoms with Gasteiger partial charge in [0.1, 0.15) is 0 Å². The molecule has 0 rings (SSSR count). The summed E-state index contributed by atoms with van der Waals surface area (Å²) >= 11 is 0. The maximum atomic E-state index is 0. The molecule has 0 heterocycles. The molecule has 0 saturated carbocycles. The fourth-order valence-corrected chi connectivity index (χ4v) is 0. The van der Waals surface area contributed by atoms with E-state index < -0.39 is 0 Å². The Kier molecular flexibility index (Phi) is 603. The smallest absolute Gasteiger partial charge is 0.412 e. The summed E-state index contributed by atoms with van der Waals surface area (Å²) in [5.74, 6) is 0. The van der Waals surface area contributed by atoms with Crippen molar-refractivity contribution in [2.45, 2.75) is 0 Å². The Bertz CT molecular complexity index is 5.51. The van der Waals surface area contributed by atoms with Crippen LogP contribution in [-0.2, 0) is 0 Å². The Morgan fingerprint density at radius 2 is 0.500 bits per heavy atom. The molecule has 0 aromatic carbocycles. The van der Waals surface area contributed by atoms with Crippen molar-refractivity contribution in [3.8, 4) is 0 Å². The van der Waals surface area contributed by atoms with Gasteiger partial charge in [0.2, 0.25) is 0 Å². The van der Waals surface area contributed by atoms with Crippen LogP contribution < -0.4 is 0 Å². The average molecular weight is 352 g/mol. The summed E-state index contributed by atoms with van der Waals surface area (Å²) in [7, 11) is 0. The van der Waals surface area contributed by atoms with Crippen LogP contribution in [0.4, 0.5) is 0 Å². The molecule has 0 aromatic heterocycles. The third kappa shape index (κ3) is 30.7. The molecule has 6 heteroatoms. The van der Waals surface area contributed by atoms with Crippen LogP contribution in [0.2, 0.25) is 0 Å². The van der Waals surface area contributed by atoms with Crippen molar-refractivity contribution in [1.29, 1.82) is 0 Å². The van der Waals surface area contributed by atoms with Gasteiger partial charge >= 0.3 is 41.7 Å². The first-order chi connectivity index (χ1) is 0. The number of hydrogen-bond acceptors (Lipinski definition) is 0. The number of hydrogen-bond donors (Lipinski definition) is 0. The molecular formula is H8Ce2O4+4. The van der Waals surface area contributed by atoms with Gasteiger partial charge in [-0.05, 0) is 0 Å². The molecule has 4 nitrogen and oxygen atoms in total. The van der Waals surface area contributed by atoms with Crippen molar-refractivity contribution in [2.24, 2.45) is 0 Å². The molecule has 0 radical (unpaired) electrons. The molecule has 36 valence electrons. The monoisotopic (exact) mass is 352 g/mol. The molecule has 0 aromatic rings. The molecule has 0 atom stereocenters. The molecule has 0 aliphatic carbocycles. The van der Waals surface area contributed by atoms with E-state index in [0.717, 1.165) is 0 Å².